The molecule has 1 atom stereocenters. The lowest BCUT2D eigenvalue weighted by Gasteiger charge is -2.28. The molecule has 0 N–H and O–H groups in total. The average molecular weight is 200 g/mol. The van der Waals surface area contributed by atoms with Gasteiger partial charge in [-0.3, -0.25) is 0 Å². The van der Waals surface area contributed by atoms with Crippen LogP contribution < -0.4 is 0 Å². The topological polar surface area (TPSA) is 0 Å². The number of allylic oxidation sites excluding steroid dienone is 2. The van der Waals surface area contributed by atoms with Crippen molar-refractivity contribution in [2.24, 2.45) is 11.3 Å². The summed E-state index contributed by atoms with van der Waals surface area (Å²) in [6.07, 6.45) is 3.63. The molecule has 0 unspecified atom stereocenters. The highest BCUT2D eigenvalue weighted by molar-refractivity contribution is 5.72. The van der Waals surface area contributed by atoms with E-state index in [4.69, 9.17) is 0 Å². The van der Waals surface area contributed by atoms with Crippen molar-refractivity contribution in [1.82, 2.24) is 0 Å². The Hall–Kier alpha value is -1.04. The molecule has 15 heavy (non-hydrogen) atoms. The second-order valence-corrected chi connectivity index (χ2v) is 5.34. The maximum atomic E-state index is 2.41. The van der Waals surface area contributed by atoms with Crippen LogP contribution in [0.5, 0.6) is 0 Å². The smallest absolute Gasteiger partial charge is 0.00722 e. The van der Waals surface area contributed by atoms with Gasteiger partial charge in [-0.05, 0) is 35.8 Å². The predicted molar refractivity (Wildman–Crippen MR) is 66.7 cm³/mol. The van der Waals surface area contributed by atoms with Gasteiger partial charge in [0.05, 0.1) is 0 Å². The minimum Gasteiger partial charge on any atom is -0.0799 e. The van der Waals surface area contributed by atoms with Gasteiger partial charge in [0.15, 0.2) is 0 Å². The Morgan fingerprint density at radius 3 is 2.20 bits per heavy atom. The molecule has 0 fully saturated rings. The van der Waals surface area contributed by atoms with E-state index in [-0.39, 0.29) is 0 Å². The molecule has 1 aliphatic carbocycles. The van der Waals surface area contributed by atoms with Gasteiger partial charge in [-0.15, -0.1) is 0 Å². The first-order valence-electron chi connectivity index (χ1n) is 5.79. The second kappa shape index (κ2) is 3.52. The highest BCUT2D eigenvalue weighted by Crippen LogP contribution is 2.47. The molecule has 0 heteroatoms. The molecule has 0 amide bonds. The quantitative estimate of drug-likeness (QED) is 0.628. The van der Waals surface area contributed by atoms with Crippen LogP contribution in [0.4, 0.5) is 0 Å². The van der Waals surface area contributed by atoms with Crippen LogP contribution in [-0.2, 0) is 0 Å². The first-order chi connectivity index (χ1) is 7.01. The normalized spacial score (nSPS) is 24.0. The third-order valence-corrected chi connectivity index (χ3v) is 3.96. The molecule has 0 saturated carbocycles. The lowest BCUT2D eigenvalue weighted by molar-refractivity contribution is 0.348. The maximum absolute atomic E-state index is 2.41. The Kier molecular flexibility index (Phi) is 2.46. The number of rotatable bonds is 1. The van der Waals surface area contributed by atoms with Crippen molar-refractivity contribution in [3.8, 4) is 0 Å². The second-order valence-electron chi connectivity index (χ2n) is 5.34. The Bertz CT molecular complexity index is 379. The molecule has 0 aliphatic heterocycles. The van der Waals surface area contributed by atoms with Crippen LogP contribution in [0.25, 0.3) is 5.57 Å². The number of aryl methyl sites for hydroxylation is 1. The Labute approximate surface area is 93.0 Å². The summed E-state index contributed by atoms with van der Waals surface area (Å²) in [5, 5.41) is 0. The lowest BCUT2D eigenvalue weighted by atomic mass is 9.76. The molecule has 80 valence electrons. The molecule has 0 saturated heterocycles. The Morgan fingerprint density at radius 2 is 1.73 bits per heavy atom. The van der Waals surface area contributed by atoms with Gasteiger partial charge in [0.2, 0.25) is 0 Å². The van der Waals surface area contributed by atoms with Crippen LogP contribution in [0.3, 0.4) is 0 Å². The van der Waals surface area contributed by atoms with Crippen molar-refractivity contribution < 1.29 is 0 Å². The van der Waals surface area contributed by atoms with Crippen molar-refractivity contribution in [2.45, 2.75) is 34.1 Å². The van der Waals surface area contributed by atoms with E-state index >= 15 is 0 Å². The third kappa shape index (κ3) is 1.73. The Balaban J connectivity index is 2.37. The van der Waals surface area contributed by atoms with Crippen LogP contribution in [0.15, 0.2) is 30.3 Å². The minimum atomic E-state index is 0.329. The van der Waals surface area contributed by atoms with E-state index in [0.29, 0.717) is 5.41 Å². The van der Waals surface area contributed by atoms with E-state index < -0.39 is 0 Å². The molecule has 0 spiro atoms. The van der Waals surface area contributed by atoms with Crippen LogP contribution >= 0.6 is 0 Å². The zero-order valence-electron chi connectivity index (χ0n) is 10.2. The number of hydrogen-bond acceptors (Lipinski definition) is 0. The van der Waals surface area contributed by atoms with Crippen molar-refractivity contribution in [3.05, 3.63) is 41.5 Å². The summed E-state index contributed by atoms with van der Waals surface area (Å²) < 4.78 is 0. The molecule has 0 bridgehead atoms. The van der Waals surface area contributed by atoms with Crippen molar-refractivity contribution in [1.29, 1.82) is 0 Å². The van der Waals surface area contributed by atoms with E-state index in [9.17, 15) is 0 Å². The zero-order valence-corrected chi connectivity index (χ0v) is 10.2. The fourth-order valence-electron chi connectivity index (χ4n) is 2.34. The van der Waals surface area contributed by atoms with Gasteiger partial charge >= 0.3 is 0 Å². The van der Waals surface area contributed by atoms with Crippen LogP contribution in [0.2, 0.25) is 0 Å². The van der Waals surface area contributed by atoms with E-state index in [1.165, 1.54) is 23.1 Å². The van der Waals surface area contributed by atoms with E-state index in [1.807, 2.05) is 0 Å². The van der Waals surface area contributed by atoms with Gasteiger partial charge in [0.1, 0.15) is 0 Å². The van der Waals surface area contributed by atoms with Crippen molar-refractivity contribution >= 4 is 5.57 Å². The predicted octanol–water partition coefficient (Wildman–Crippen LogP) is 4.44. The molecular formula is C15H20. The first kappa shape index (κ1) is 10.5. The number of benzene rings is 1. The highest BCUT2D eigenvalue weighted by atomic mass is 14.4. The van der Waals surface area contributed by atoms with Crippen LogP contribution in [0.1, 0.15) is 38.3 Å². The SMILES string of the molecule is Cc1ccc(C2=CC[C@@H](C)C2(C)C)cc1. The highest BCUT2D eigenvalue weighted by Gasteiger charge is 2.34. The molecule has 1 aromatic rings. The summed E-state index contributed by atoms with van der Waals surface area (Å²) in [6, 6.07) is 8.91. The first-order valence-corrected chi connectivity index (χ1v) is 5.79. The molecule has 1 aromatic carbocycles. The number of hydrogen-bond donors (Lipinski definition) is 0. The van der Waals surface area contributed by atoms with Crippen molar-refractivity contribution in [3.63, 3.8) is 0 Å². The molecule has 2 rings (SSSR count). The summed E-state index contributed by atoms with van der Waals surface area (Å²) in [6.45, 7) is 9.20. The van der Waals surface area contributed by atoms with E-state index in [2.05, 4.69) is 58.0 Å². The molecule has 0 radical (unpaired) electrons. The Morgan fingerprint density at radius 1 is 1.13 bits per heavy atom. The fourth-order valence-corrected chi connectivity index (χ4v) is 2.34. The van der Waals surface area contributed by atoms with Crippen molar-refractivity contribution in [2.75, 3.05) is 0 Å². The van der Waals surface area contributed by atoms with Crippen LogP contribution in [-0.4, -0.2) is 0 Å². The van der Waals surface area contributed by atoms with Gasteiger partial charge in [0, 0.05) is 0 Å². The van der Waals surface area contributed by atoms with Gasteiger partial charge in [-0.25, -0.2) is 0 Å². The van der Waals surface area contributed by atoms with Gasteiger partial charge in [-0.2, -0.15) is 0 Å². The van der Waals surface area contributed by atoms with Gasteiger partial charge < -0.3 is 0 Å². The summed E-state index contributed by atoms with van der Waals surface area (Å²) in [5.41, 5.74) is 4.59. The molecular weight excluding hydrogens is 180 g/mol. The minimum absolute atomic E-state index is 0.329. The third-order valence-electron chi connectivity index (χ3n) is 3.96. The zero-order chi connectivity index (χ0) is 11.1. The van der Waals surface area contributed by atoms with E-state index in [1.54, 1.807) is 0 Å². The standard InChI is InChI=1S/C15H20/c1-11-5-8-13(9-6-11)14-10-7-12(2)15(14,3)4/h5-6,8-10,12H,7H2,1-4H3/t12-/m1/s1. The maximum Gasteiger partial charge on any atom is -0.00722 e. The van der Waals surface area contributed by atoms with Crippen LogP contribution in [0, 0.1) is 18.3 Å². The molecule has 1 aliphatic rings. The summed E-state index contributed by atoms with van der Waals surface area (Å²) in [7, 11) is 0. The fraction of sp³-hybridized carbons (Fsp3) is 0.467. The monoisotopic (exact) mass is 200 g/mol. The lowest BCUT2D eigenvalue weighted by Crippen LogP contribution is -2.17. The summed E-state index contributed by atoms with van der Waals surface area (Å²) >= 11 is 0. The molecule has 0 aromatic heterocycles. The largest absolute Gasteiger partial charge is 0.0799 e. The average Bonchev–Trinajstić information content (AvgIpc) is 2.44. The molecule has 0 nitrogen and oxygen atoms in total. The van der Waals surface area contributed by atoms with Gasteiger partial charge in [0.25, 0.3) is 0 Å². The van der Waals surface area contributed by atoms with E-state index in [0.717, 1.165) is 5.92 Å². The van der Waals surface area contributed by atoms with Gasteiger partial charge in [-0.1, -0.05) is 56.7 Å². The molecule has 0 heterocycles. The summed E-state index contributed by atoms with van der Waals surface area (Å²) in [4.78, 5) is 0. The summed E-state index contributed by atoms with van der Waals surface area (Å²) in [5.74, 6) is 0.758.